The number of aryl methyl sites for hydroxylation is 1. The Kier molecular flexibility index (Phi) is 3.93. The van der Waals surface area contributed by atoms with Crippen molar-refractivity contribution in [2.75, 3.05) is 12.4 Å². The maximum absolute atomic E-state index is 12.6. The zero-order valence-electron chi connectivity index (χ0n) is 13.9. The Morgan fingerprint density at radius 3 is 2.65 bits per heavy atom. The molecule has 1 aromatic carbocycles. The average molecular weight is 383 g/mol. The van der Waals surface area contributed by atoms with Crippen LogP contribution in [0.2, 0.25) is 0 Å². The molecule has 0 saturated heterocycles. The number of nitrogens with one attached hydrogen (secondary N) is 1. The van der Waals surface area contributed by atoms with E-state index in [-0.39, 0.29) is 17.7 Å². The number of anilines is 1. The number of imide groups is 1. The molecule has 8 heteroatoms. The molecule has 0 unspecified atom stereocenters. The fourth-order valence-electron chi connectivity index (χ4n) is 2.74. The Hall–Kier alpha value is -2.84. The first kappa shape index (κ1) is 16.6. The second-order valence-corrected chi connectivity index (χ2v) is 7.61. The molecule has 0 aliphatic carbocycles. The molecule has 3 amide bonds. The number of carbonyl (C=O) groups excluding carboxylic acids is 3. The lowest BCUT2D eigenvalue weighted by molar-refractivity contribution is 0.0692. The zero-order valence-corrected chi connectivity index (χ0v) is 15.5. The van der Waals surface area contributed by atoms with Crippen molar-refractivity contribution in [1.82, 2.24) is 9.88 Å². The van der Waals surface area contributed by atoms with Gasteiger partial charge in [-0.05, 0) is 36.6 Å². The molecule has 6 nitrogen and oxygen atoms in total. The lowest BCUT2D eigenvalue weighted by Gasteiger charge is -2.05. The summed E-state index contributed by atoms with van der Waals surface area (Å²) in [6.07, 6.45) is 0. The Bertz CT molecular complexity index is 1050. The highest BCUT2D eigenvalue weighted by Gasteiger charge is 2.32. The number of thiazole rings is 1. The van der Waals surface area contributed by atoms with E-state index in [0.29, 0.717) is 27.4 Å². The lowest BCUT2D eigenvalue weighted by Crippen LogP contribution is -2.24. The molecule has 130 valence electrons. The van der Waals surface area contributed by atoms with Gasteiger partial charge < -0.3 is 5.32 Å². The predicted octanol–water partition coefficient (Wildman–Crippen LogP) is 3.66. The van der Waals surface area contributed by atoms with Crippen molar-refractivity contribution in [1.29, 1.82) is 0 Å². The van der Waals surface area contributed by atoms with Crippen LogP contribution in [0.3, 0.4) is 0 Å². The van der Waals surface area contributed by atoms with E-state index in [2.05, 4.69) is 10.3 Å². The molecule has 1 aliphatic heterocycles. The van der Waals surface area contributed by atoms with E-state index < -0.39 is 0 Å². The fraction of sp³-hybridized carbons (Fsp3) is 0.111. The van der Waals surface area contributed by atoms with Gasteiger partial charge in [-0.25, -0.2) is 4.98 Å². The third-order valence-electron chi connectivity index (χ3n) is 4.12. The monoisotopic (exact) mass is 383 g/mol. The number of carbonyl (C=O) groups is 3. The SMILES string of the molecule is Cc1nc(-c2ccsc2)sc1C(=O)Nc1ccc2c(c1)C(=O)N(C)C2=O. The molecule has 4 rings (SSSR count). The molecule has 2 aromatic heterocycles. The van der Waals surface area contributed by atoms with Crippen molar-refractivity contribution in [3.8, 4) is 10.6 Å². The minimum Gasteiger partial charge on any atom is -0.321 e. The lowest BCUT2D eigenvalue weighted by atomic mass is 10.1. The summed E-state index contributed by atoms with van der Waals surface area (Å²) in [7, 11) is 1.44. The number of amides is 3. The van der Waals surface area contributed by atoms with Crippen molar-refractivity contribution in [3.05, 3.63) is 56.7 Å². The molecule has 0 bridgehead atoms. The fourth-order valence-corrected chi connectivity index (χ4v) is 4.42. The highest BCUT2D eigenvalue weighted by molar-refractivity contribution is 7.17. The molecule has 0 radical (unpaired) electrons. The van der Waals surface area contributed by atoms with Crippen LogP contribution in [0.5, 0.6) is 0 Å². The first-order valence-corrected chi connectivity index (χ1v) is 9.49. The Balaban J connectivity index is 1.60. The molecule has 1 N–H and O–H groups in total. The van der Waals surface area contributed by atoms with Gasteiger partial charge in [-0.3, -0.25) is 19.3 Å². The first-order chi connectivity index (χ1) is 12.5. The third kappa shape index (κ3) is 2.63. The van der Waals surface area contributed by atoms with Gasteiger partial charge in [0.05, 0.1) is 16.8 Å². The summed E-state index contributed by atoms with van der Waals surface area (Å²) in [5, 5.41) is 7.54. The second-order valence-electron chi connectivity index (χ2n) is 5.83. The van der Waals surface area contributed by atoms with Crippen LogP contribution < -0.4 is 5.32 Å². The highest BCUT2D eigenvalue weighted by Crippen LogP contribution is 2.30. The topological polar surface area (TPSA) is 79.4 Å². The maximum Gasteiger partial charge on any atom is 0.267 e. The number of hydrogen-bond acceptors (Lipinski definition) is 6. The van der Waals surface area contributed by atoms with Gasteiger partial charge in [0, 0.05) is 23.7 Å². The van der Waals surface area contributed by atoms with Crippen LogP contribution in [0.15, 0.2) is 35.0 Å². The first-order valence-electron chi connectivity index (χ1n) is 7.73. The molecule has 3 aromatic rings. The van der Waals surface area contributed by atoms with Gasteiger partial charge in [-0.15, -0.1) is 11.3 Å². The van der Waals surface area contributed by atoms with Crippen molar-refractivity contribution >= 4 is 46.1 Å². The van der Waals surface area contributed by atoms with Gasteiger partial charge >= 0.3 is 0 Å². The number of fused-ring (bicyclic) bond motifs is 1. The van der Waals surface area contributed by atoms with Crippen molar-refractivity contribution in [2.24, 2.45) is 0 Å². The number of nitrogens with zero attached hydrogens (tertiary/aromatic N) is 2. The largest absolute Gasteiger partial charge is 0.321 e. The third-order valence-corrected chi connectivity index (χ3v) is 6.01. The molecule has 0 fully saturated rings. The summed E-state index contributed by atoms with van der Waals surface area (Å²) < 4.78 is 0. The summed E-state index contributed by atoms with van der Waals surface area (Å²) in [6, 6.07) is 6.68. The van der Waals surface area contributed by atoms with Crippen LogP contribution in [0.4, 0.5) is 5.69 Å². The second kappa shape index (κ2) is 6.15. The minimum atomic E-state index is -0.366. The average Bonchev–Trinajstić information content (AvgIpc) is 3.32. The zero-order chi connectivity index (χ0) is 18.4. The Morgan fingerprint density at radius 1 is 1.15 bits per heavy atom. The summed E-state index contributed by atoms with van der Waals surface area (Å²) in [5.41, 5.74) is 2.77. The maximum atomic E-state index is 12.6. The van der Waals surface area contributed by atoms with E-state index >= 15 is 0 Å². The van der Waals surface area contributed by atoms with Crippen LogP contribution in [0.1, 0.15) is 36.1 Å². The summed E-state index contributed by atoms with van der Waals surface area (Å²) >= 11 is 2.90. The van der Waals surface area contributed by atoms with Gasteiger partial charge in [-0.1, -0.05) is 0 Å². The molecular formula is C18H13N3O3S2. The summed E-state index contributed by atoms with van der Waals surface area (Å²) in [6.45, 7) is 1.79. The molecule has 1 aliphatic rings. The molecule has 26 heavy (non-hydrogen) atoms. The van der Waals surface area contributed by atoms with E-state index in [1.54, 1.807) is 30.4 Å². The van der Waals surface area contributed by atoms with Crippen LogP contribution in [0, 0.1) is 6.92 Å². The van der Waals surface area contributed by atoms with Crippen molar-refractivity contribution < 1.29 is 14.4 Å². The van der Waals surface area contributed by atoms with Gasteiger partial charge in [0.15, 0.2) is 0 Å². The van der Waals surface area contributed by atoms with Gasteiger partial charge in [0.2, 0.25) is 0 Å². The standard InChI is InChI=1S/C18H13N3O3S2/c1-9-14(26-16(19-9)10-5-6-25-8-10)15(22)20-11-3-4-12-13(7-11)18(24)21(2)17(12)23/h3-8H,1-2H3,(H,20,22). The predicted molar refractivity (Wildman–Crippen MR) is 101 cm³/mol. The van der Waals surface area contributed by atoms with Crippen LogP contribution in [-0.4, -0.2) is 34.7 Å². The molecular weight excluding hydrogens is 370 g/mol. The molecule has 0 atom stereocenters. The van der Waals surface area contributed by atoms with Crippen LogP contribution in [-0.2, 0) is 0 Å². The molecule has 0 saturated carbocycles. The van der Waals surface area contributed by atoms with E-state index in [4.69, 9.17) is 0 Å². The van der Waals surface area contributed by atoms with E-state index in [1.807, 2.05) is 16.8 Å². The quantitative estimate of drug-likeness (QED) is 0.700. The number of thiophene rings is 1. The minimum absolute atomic E-state index is 0.286. The Morgan fingerprint density at radius 2 is 1.92 bits per heavy atom. The van der Waals surface area contributed by atoms with E-state index in [9.17, 15) is 14.4 Å². The van der Waals surface area contributed by atoms with Gasteiger partial charge in [-0.2, -0.15) is 11.3 Å². The van der Waals surface area contributed by atoms with E-state index in [1.165, 1.54) is 24.5 Å². The number of aromatic nitrogens is 1. The van der Waals surface area contributed by atoms with Crippen molar-refractivity contribution in [2.45, 2.75) is 6.92 Å². The number of hydrogen-bond donors (Lipinski definition) is 1. The van der Waals surface area contributed by atoms with E-state index in [0.717, 1.165) is 15.5 Å². The normalized spacial score (nSPS) is 13.2. The van der Waals surface area contributed by atoms with Crippen LogP contribution >= 0.6 is 22.7 Å². The number of benzene rings is 1. The van der Waals surface area contributed by atoms with Crippen molar-refractivity contribution in [3.63, 3.8) is 0 Å². The molecule has 0 spiro atoms. The van der Waals surface area contributed by atoms with Gasteiger partial charge in [0.1, 0.15) is 9.88 Å². The summed E-state index contributed by atoms with van der Waals surface area (Å²) in [4.78, 5) is 42.7. The molecule has 3 heterocycles. The summed E-state index contributed by atoms with van der Waals surface area (Å²) in [5.74, 6) is -0.983. The smallest absolute Gasteiger partial charge is 0.267 e. The Labute approximate surface area is 157 Å². The van der Waals surface area contributed by atoms with Gasteiger partial charge in [0.25, 0.3) is 17.7 Å². The number of rotatable bonds is 3. The van der Waals surface area contributed by atoms with Crippen LogP contribution in [0.25, 0.3) is 10.6 Å². The highest BCUT2D eigenvalue weighted by atomic mass is 32.1.